The Kier molecular flexibility index (Phi) is 5.58. The zero-order valence-corrected chi connectivity index (χ0v) is 17.7. The maximum absolute atomic E-state index is 13.7. The van der Waals surface area contributed by atoms with Crippen LogP contribution in [0.4, 0.5) is 0 Å². The number of nitrogens with one attached hydrogen (secondary N) is 1. The van der Waals surface area contributed by atoms with E-state index in [1.165, 1.54) is 6.92 Å². The second-order valence-electron chi connectivity index (χ2n) is 9.22. The normalized spacial score (nSPS) is 32.9. The van der Waals surface area contributed by atoms with Crippen LogP contribution in [0, 0.1) is 5.41 Å². The molecule has 3 rings (SSSR count). The predicted octanol–water partition coefficient (Wildman–Crippen LogP) is 2.51. The summed E-state index contributed by atoms with van der Waals surface area (Å²) in [5.74, 6) is -0.170. The van der Waals surface area contributed by atoms with Crippen molar-refractivity contribution in [2.24, 2.45) is 5.41 Å². The SMILES string of the molecule is CC(=O)NC[C@H]1C[C@]2(C)[C@@H](CCCC[C@]2(C)O)N1C(=O)c1ccnn1C(C)C. The van der Waals surface area contributed by atoms with Gasteiger partial charge < -0.3 is 15.3 Å². The summed E-state index contributed by atoms with van der Waals surface area (Å²) in [6.45, 7) is 9.92. The fraction of sp³-hybridized carbons (Fsp3) is 0.762. The fourth-order valence-corrected chi connectivity index (χ4v) is 5.18. The van der Waals surface area contributed by atoms with Gasteiger partial charge in [-0.25, -0.2) is 0 Å². The lowest BCUT2D eigenvalue weighted by Crippen LogP contribution is -2.52. The standard InChI is InChI=1S/C21H34N4O3/c1-14(2)25-17(9-11-23-25)19(27)24-16(13-22-15(3)26)12-20(4)18(24)8-6-7-10-21(20,5)28/h9,11,14,16,18,28H,6-8,10,12-13H2,1-5H3,(H,22,26)/t16-,18-,20-,21+/m1/s1. The molecule has 0 bridgehead atoms. The Bertz CT molecular complexity index is 742. The lowest BCUT2D eigenvalue weighted by atomic mass is 9.67. The van der Waals surface area contributed by atoms with Crippen LogP contribution in [0.15, 0.2) is 12.3 Å². The molecule has 1 saturated carbocycles. The van der Waals surface area contributed by atoms with Gasteiger partial charge in [-0.2, -0.15) is 5.10 Å². The van der Waals surface area contributed by atoms with Crippen molar-refractivity contribution in [2.45, 2.75) is 90.4 Å². The highest BCUT2D eigenvalue weighted by molar-refractivity contribution is 5.93. The average molecular weight is 391 g/mol. The van der Waals surface area contributed by atoms with Gasteiger partial charge in [0.05, 0.1) is 11.6 Å². The van der Waals surface area contributed by atoms with Crippen molar-refractivity contribution >= 4 is 11.8 Å². The van der Waals surface area contributed by atoms with Crippen molar-refractivity contribution < 1.29 is 14.7 Å². The molecular weight excluding hydrogens is 356 g/mol. The maximum atomic E-state index is 13.7. The summed E-state index contributed by atoms with van der Waals surface area (Å²) in [4.78, 5) is 27.2. The van der Waals surface area contributed by atoms with Crippen molar-refractivity contribution in [3.8, 4) is 0 Å². The van der Waals surface area contributed by atoms with Gasteiger partial charge in [0.15, 0.2) is 0 Å². The minimum absolute atomic E-state index is 0.0621. The van der Waals surface area contributed by atoms with Crippen molar-refractivity contribution in [1.82, 2.24) is 20.0 Å². The number of nitrogens with zero attached hydrogens (tertiary/aromatic N) is 3. The maximum Gasteiger partial charge on any atom is 0.272 e. The van der Waals surface area contributed by atoms with Crippen molar-refractivity contribution in [2.75, 3.05) is 6.54 Å². The molecule has 28 heavy (non-hydrogen) atoms. The van der Waals surface area contributed by atoms with Crippen LogP contribution in [-0.2, 0) is 4.79 Å². The number of carbonyl (C=O) groups excluding carboxylic acids is 2. The second kappa shape index (κ2) is 7.50. The topological polar surface area (TPSA) is 87.5 Å². The summed E-state index contributed by atoms with van der Waals surface area (Å²) in [7, 11) is 0. The molecule has 0 radical (unpaired) electrons. The van der Waals surface area contributed by atoms with Crippen LogP contribution >= 0.6 is 0 Å². The highest BCUT2D eigenvalue weighted by Gasteiger charge is 2.59. The summed E-state index contributed by atoms with van der Waals surface area (Å²) in [6.07, 6.45) is 5.88. The van der Waals surface area contributed by atoms with Gasteiger partial charge in [-0.05, 0) is 46.1 Å². The largest absolute Gasteiger partial charge is 0.390 e. The molecule has 156 valence electrons. The van der Waals surface area contributed by atoms with Crippen molar-refractivity contribution in [3.05, 3.63) is 18.0 Å². The number of likely N-dealkylation sites (tertiary alicyclic amines) is 1. The Morgan fingerprint density at radius 1 is 1.36 bits per heavy atom. The van der Waals surface area contributed by atoms with Gasteiger partial charge in [0.2, 0.25) is 5.91 Å². The number of fused-ring (bicyclic) bond motifs is 1. The van der Waals surface area contributed by atoms with Gasteiger partial charge in [-0.15, -0.1) is 0 Å². The predicted molar refractivity (Wildman–Crippen MR) is 107 cm³/mol. The monoisotopic (exact) mass is 390 g/mol. The smallest absolute Gasteiger partial charge is 0.272 e. The van der Waals surface area contributed by atoms with E-state index in [0.717, 1.165) is 25.7 Å². The molecule has 1 aliphatic heterocycles. The Labute approximate surface area is 167 Å². The molecule has 7 heteroatoms. The molecule has 0 unspecified atom stereocenters. The van der Waals surface area contributed by atoms with Gasteiger partial charge in [0.1, 0.15) is 5.69 Å². The van der Waals surface area contributed by atoms with Crippen LogP contribution < -0.4 is 5.32 Å². The quantitative estimate of drug-likeness (QED) is 0.827. The molecule has 2 heterocycles. The molecule has 0 aromatic carbocycles. The number of aromatic nitrogens is 2. The molecule has 1 aromatic rings. The first kappa shape index (κ1) is 20.8. The van der Waals surface area contributed by atoms with Crippen LogP contribution in [0.5, 0.6) is 0 Å². The van der Waals surface area contributed by atoms with Crippen LogP contribution in [0.2, 0.25) is 0 Å². The number of carbonyl (C=O) groups is 2. The zero-order chi connectivity index (χ0) is 20.7. The van der Waals surface area contributed by atoms with Gasteiger partial charge in [0, 0.05) is 37.2 Å². The lowest BCUT2D eigenvalue weighted by Gasteiger charge is -2.43. The lowest BCUT2D eigenvalue weighted by molar-refractivity contribution is -0.119. The zero-order valence-electron chi connectivity index (χ0n) is 17.7. The molecule has 1 aliphatic carbocycles. The minimum Gasteiger partial charge on any atom is -0.390 e. The third-order valence-corrected chi connectivity index (χ3v) is 6.95. The Morgan fingerprint density at radius 3 is 2.71 bits per heavy atom. The van der Waals surface area contributed by atoms with E-state index < -0.39 is 11.0 Å². The summed E-state index contributed by atoms with van der Waals surface area (Å²) >= 11 is 0. The van der Waals surface area contributed by atoms with E-state index in [9.17, 15) is 14.7 Å². The fourth-order valence-electron chi connectivity index (χ4n) is 5.18. The van der Waals surface area contributed by atoms with E-state index >= 15 is 0 Å². The van der Waals surface area contributed by atoms with Gasteiger partial charge in [-0.1, -0.05) is 19.8 Å². The third-order valence-electron chi connectivity index (χ3n) is 6.95. The van der Waals surface area contributed by atoms with E-state index in [-0.39, 0.29) is 29.9 Å². The van der Waals surface area contributed by atoms with E-state index in [1.54, 1.807) is 16.9 Å². The number of hydrogen-bond donors (Lipinski definition) is 2. The summed E-state index contributed by atoms with van der Waals surface area (Å²) in [5, 5.41) is 18.5. The number of amides is 2. The Balaban J connectivity index is 2.01. The van der Waals surface area contributed by atoms with Gasteiger partial charge in [-0.3, -0.25) is 14.3 Å². The first-order chi connectivity index (χ1) is 13.1. The number of rotatable bonds is 4. The molecule has 2 aliphatic rings. The van der Waals surface area contributed by atoms with E-state index in [4.69, 9.17) is 0 Å². The van der Waals surface area contributed by atoms with Gasteiger partial charge in [0.25, 0.3) is 5.91 Å². The Hall–Kier alpha value is -1.89. The van der Waals surface area contributed by atoms with Crippen LogP contribution in [0.3, 0.4) is 0 Å². The molecule has 2 amide bonds. The van der Waals surface area contributed by atoms with Crippen LogP contribution in [-0.4, -0.2) is 55.8 Å². The number of hydrogen-bond acceptors (Lipinski definition) is 4. The number of aliphatic hydroxyl groups is 1. The minimum atomic E-state index is -0.851. The molecule has 0 spiro atoms. The van der Waals surface area contributed by atoms with E-state index in [0.29, 0.717) is 18.7 Å². The van der Waals surface area contributed by atoms with Gasteiger partial charge >= 0.3 is 0 Å². The molecule has 2 fully saturated rings. The summed E-state index contributed by atoms with van der Waals surface area (Å²) in [5.41, 5.74) is -0.697. The first-order valence-electron chi connectivity index (χ1n) is 10.4. The highest BCUT2D eigenvalue weighted by Crippen LogP contribution is 2.53. The highest BCUT2D eigenvalue weighted by atomic mass is 16.3. The second-order valence-corrected chi connectivity index (χ2v) is 9.22. The van der Waals surface area contributed by atoms with Crippen molar-refractivity contribution in [1.29, 1.82) is 0 Å². The molecular formula is C21H34N4O3. The van der Waals surface area contributed by atoms with Crippen molar-refractivity contribution in [3.63, 3.8) is 0 Å². The molecule has 1 saturated heterocycles. The van der Waals surface area contributed by atoms with E-state index in [2.05, 4.69) is 17.3 Å². The summed E-state index contributed by atoms with van der Waals surface area (Å²) < 4.78 is 1.75. The molecule has 7 nitrogen and oxygen atoms in total. The summed E-state index contributed by atoms with van der Waals surface area (Å²) in [6, 6.07) is 1.63. The molecule has 4 atom stereocenters. The Morgan fingerprint density at radius 2 is 2.07 bits per heavy atom. The van der Waals surface area contributed by atoms with Crippen LogP contribution in [0.25, 0.3) is 0 Å². The molecule has 1 aromatic heterocycles. The van der Waals surface area contributed by atoms with Crippen LogP contribution in [0.1, 0.15) is 83.3 Å². The molecule has 2 N–H and O–H groups in total. The average Bonchev–Trinajstić information content (AvgIpc) is 3.18. The first-order valence-corrected chi connectivity index (χ1v) is 10.4. The third kappa shape index (κ3) is 3.45. The van der Waals surface area contributed by atoms with E-state index in [1.807, 2.05) is 25.7 Å².